The van der Waals surface area contributed by atoms with Crippen molar-refractivity contribution in [2.45, 2.75) is 13.5 Å². The number of carbonyl (C=O) groups excluding carboxylic acids is 2. The van der Waals surface area contributed by atoms with E-state index < -0.39 is 16.1 Å². The summed E-state index contributed by atoms with van der Waals surface area (Å²) in [5.74, 6) is 0.430. The molecule has 2 amide bonds. The molecule has 32 heavy (non-hydrogen) atoms. The summed E-state index contributed by atoms with van der Waals surface area (Å²) in [6.07, 6.45) is 1.50. The number of aryl methyl sites for hydroxylation is 1. The lowest BCUT2D eigenvalue weighted by Crippen LogP contribution is -2.27. The molecule has 2 heterocycles. The number of non-ortho nitro benzene ring substituents is 1. The van der Waals surface area contributed by atoms with Gasteiger partial charge in [-0.15, -0.1) is 0 Å². The maximum atomic E-state index is 12.8. The minimum Gasteiger partial charge on any atom is -0.457 e. The van der Waals surface area contributed by atoms with E-state index in [4.69, 9.17) is 27.6 Å². The summed E-state index contributed by atoms with van der Waals surface area (Å²) >= 11 is 12.9. The van der Waals surface area contributed by atoms with Crippen molar-refractivity contribution in [3.8, 4) is 11.3 Å². The van der Waals surface area contributed by atoms with Gasteiger partial charge in [0.25, 0.3) is 16.8 Å². The van der Waals surface area contributed by atoms with E-state index in [1.165, 1.54) is 18.2 Å². The smallest absolute Gasteiger partial charge is 0.293 e. The molecule has 1 aliphatic heterocycles. The Morgan fingerprint density at radius 3 is 2.59 bits per heavy atom. The number of benzene rings is 2. The van der Waals surface area contributed by atoms with Gasteiger partial charge >= 0.3 is 0 Å². The molecule has 0 spiro atoms. The third-order valence-electron chi connectivity index (χ3n) is 4.80. The Labute approximate surface area is 196 Å². The van der Waals surface area contributed by atoms with Crippen LogP contribution in [-0.4, -0.2) is 21.0 Å². The van der Waals surface area contributed by atoms with Crippen LogP contribution >= 0.6 is 35.0 Å². The standard InChI is InChI=1S/C22H14Cl2N2O5S/c1-12-8-15(26(29)30)4-6-17(12)19-7-5-16(31-19)10-20-21(27)25(22(28)32-20)11-13-2-3-14(23)9-18(13)24/h2-10H,11H2,1H3/b20-10-. The maximum Gasteiger partial charge on any atom is 0.293 e. The number of hydrogen-bond donors (Lipinski definition) is 0. The SMILES string of the molecule is Cc1cc([N+](=O)[O-])ccc1-c1ccc(/C=C2\SC(=O)N(Cc3ccc(Cl)cc3Cl)C2=O)o1. The van der Waals surface area contributed by atoms with Crippen molar-refractivity contribution in [3.63, 3.8) is 0 Å². The van der Waals surface area contributed by atoms with Gasteiger partial charge in [-0.1, -0.05) is 29.3 Å². The first-order valence-electron chi connectivity index (χ1n) is 9.27. The first kappa shape index (κ1) is 22.1. The number of carbonyl (C=O) groups is 2. The molecule has 0 unspecified atom stereocenters. The van der Waals surface area contributed by atoms with Gasteiger partial charge in [0.1, 0.15) is 11.5 Å². The van der Waals surface area contributed by atoms with Gasteiger partial charge in [-0.05, 0) is 60.1 Å². The molecule has 0 aliphatic carbocycles. The van der Waals surface area contributed by atoms with E-state index in [-0.39, 0.29) is 17.1 Å². The van der Waals surface area contributed by atoms with Crippen LogP contribution < -0.4 is 0 Å². The van der Waals surface area contributed by atoms with Gasteiger partial charge in [0.2, 0.25) is 0 Å². The maximum absolute atomic E-state index is 12.8. The summed E-state index contributed by atoms with van der Waals surface area (Å²) in [6, 6.07) is 12.7. The quantitative estimate of drug-likeness (QED) is 0.225. The fourth-order valence-corrected chi connectivity index (χ4v) is 4.49. The molecule has 0 N–H and O–H groups in total. The second kappa shape index (κ2) is 8.82. The molecule has 1 saturated heterocycles. The summed E-state index contributed by atoms with van der Waals surface area (Å²) in [4.78, 5) is 37.0. The summed E-state index contributed by atoms with van der Waals surface area (Å²) in [5.41, 5.74) is 1.97. The van der Waals surface area contributed by atoms with Gasteiger partial charge < -0.3 is 4.42 Å². The Kier molecular flexibility index (Phi) is 6.10. The molecular formula is C22H14Cl2N2O5S. The van der Waals surface area contributed by atoms with Gasteiger partial charge in [-0.25, -0.2) is 0 Å². The Morgan fingerprint density at radius 1 is 1.12 bits per heavy atom. The fraction of sp³-hybridized carbons (Fsp3) is 0.0909. The molecule has 0 bridgehead atoms. The minimum atomic E-state index is -0.461. The summed E-state index contributed by atoms with van der Waals surface area (Å²) < 4.78 is 5.80. The molecule has 2 aromatic carbocycles. The molecule has 7 nitrogen and oxygen atoms in total. The van der Waals surface area contributed by atoms with Crippen LogP contribution in [0.2, 0.25) is 10.0 Å². The fourth-order valence-electron chi connectivity index (χ4n) is 3.20. The molecule has 1 aliphatic rings. The molecule has 1 aromatic heterocycles. The zero-order valence-electron chi connectivity index (χ0n) is 16.5. The molecule has 0 radical (unpaired) electrons. The van der Waals surface area contributed by atoms with Crippen LogP contribution in [0.4, 0.5) is 10.5 Å². The molecule has 0 saturated carbocycles. The lowest BCUT2D eigenvalue weighted by atomic mass is 10.1. The van der Waals surface area contributed by atoms with Crippen molar-refractivity contribution in [1.29, 1.82) is 0 Å². The number of nitrogens with zero attached hydrogens (tertiary/aromatic N) is 2. The Morgan fingerprint density at radius 2 is 1.91 bits per heavy atom. The highest BCUT2D eigenvalue weighted by atomic mass is 35.5. The number of imide groups is 1. The Balaban J connectivity index is 1.55. The lowest BCUT2D eigenvalue weighted by molar-refractivity contribution is -0.384. The predicted molar refractivity (Wildman–Crippen MR) is 124 cm³/mol. The first-order chi connectivity index (χ1) is 15.2. The topological polar surface area (TPSA) is 93.7 Å². The van der Waals surface area contributed by atoms with E-state index in [0.29, 0.717) is 38.3 Å². The first-order valence-corrected chi connectivity index (χ1v) is 10.8. The lowest BCUT2D eigenvalue weighted by Gasteiger charge is -2.13. The molecule has 1 fully saturated rings. The number of nitro groups is 1. The minimum absolute atomic E-state index is 0.00695. The average Bonchev–Trinajstić information content (AvgIpc) is 3.29. The number of amides is 2. The second-order valence-corrected chi connectivity index (χ2v) is 8.80. The van der Waals surface area contributed by atoms with Gasteiger partial charge in [0, 0.05) is 33.8 Å². The van der Waals surface area contributed by atoms with Crippen LogP contribution in [0.15, 0.2) is 57.9 Å². The number of hydrogen-bond acceptors (Lipinski definition) is 6. The van der Waals surface area contributed by atoms with E-state index in [0.717, 1.165) is 16.7 Å². The third-order valence-corrected chi connectivity index (χ3v) is 6.30. The summed E-state index contributed by atoms with van der Waals surface area (Å²) in [7, 11) is 0. The molecular weight excluding hydrogens is 475 g/mol. The largest absolute Gasteiger partial charge is 0.457 e. The van der Waals surface area contributed by atoms with Crippen molar-refractivity contribution >= 4 is 57.9 Å². The second-order valence-electron chi connectivity index (χ2n) is 6.96. The highest BCUT2D eigenvalue weighted by Gasteiger charge is 2.35. The van der Waals surface area contributed by atoms with Gasteiger partial charge in [-0.2, -0.15) is 0 Å². The van der Waals surface area contributed by atoms with Crippen molar-refractivity contribution in [1.82, 2.24) is 4.90 Å². The molecule has 4 rings (SSSR count). The van der Waals surface area contributed by atoms with Crippen LogP contribution in [0, 0.1) is 17.0 Å². The average molecular weight is 489 g/mol. The normalized spacial score (nSPS) is 15.1. The highest BCUT2D eigenvalue weighted by Crippen LogP contribution is 2.36. The number of halogens is 2. The van der Waals surface area contributed by atoms with Crippen LogP contribution in [-0.2, 0) is 11.3 Å². The molecule has 10 heteroatoms. The molecule has 0 atom stereocenters. The molecule has 3 aromatic rings. The summed E-state index contributed by atoms with van der Waals surface area (Å²) in [5, 5.41) is 11.3. The number of rotatable bonds is 5. The number of furan rings is 1. The van der Waals surface area contributed by atoms with E-state index in [1.54, 1.807) is 43.3 Å². The van der Waals surface area contributed by atoms with E-state index in [2.05, 4.69) is 0 Å². The van der Waals surface area contributed by atoms with Crippen LogP contribution in [0.3, 0.4) is 0 Å². The Hall–Kier alpha value is -3.07. The van der Waals surface area contributed by atoms with E-state index >= 15 is 0 Å². The summed E-state index contributed by atoms with van der Waals surface area (Å²) in [6.45, 7) is 1.78. The van der Waals surface area contributed by atoms with Crippen molar-refractivity contribution in [2.24, 2.45) is 0 Å². The highest BCUT2D eigenvalue weighted by molar-refractivity contribution is 8.18. The van der Waals surface area contributed by atoms with Gasteiger partial charge in [-0.3, -0.25) is 24.6 Å². The van der Waals surface area contributed by atoms with Crippen LogP contribution in [0.1, 0.15) is 16.9 Å². The van der Waals surface area contributed by atoms with E-state index in [1.807, 2.05) is 0 Å². The monoisotopic (exact) mass is 488 g/mol. The zero-order chi connectivity index (χ0) is 23.0. The third kappa shape index (κ3) is 4.43. The van der Waals surface area contributed by atoms with Gasteiger partial charge in [0.15, 0.2) is 0 Å². The van der Waals surface area contributed by atoms with Crippen molar-refractivity contribution < 1.29 is 18.9 Å². The van der Waals surface area contributed by atoms with Crippen LogP contribution in [0.5, 0.6) is 0 Å². The molecule has 162 valence electrons. The van der Waals surface area contributed by atoms with Crippen LogP contribution in [0.25, 0.3) is 17.4 Å². The van der Waals surface area contributed by atoms with E-state index in [9.17, 15) is 19.7 Å². The van der Waals surface area contributed by atoms with Gasteiger partial charge in [0.05, 0.1) is 16.4 Å². The zero-order valence-corrected chi connectivity index (χ0v) is 18.8. The number of thioether (sulfide) groups is 1. The van der Waals surface area contributed by atoms with Crippen molar-refractivity contribution in [3.05, 3.63) is 90.5 Å². The number of nitro benzene ring substituents is 1. The van der Waals surface area contributed by atoms with Crippen molar-refractivity contribution in [2.75, 3.05) is 0 Å². The predicted octanol–water partition coefficient (Wildman–Crippen LogP) is 6.71. The Bertz CT molecular complexity index is 1300.